The molecular formula is C23H26F3N3O3. The van der Waals surface area contributed by atoms with E-state index in [1.165, 1.54) is 12.1 Å². The summed E-state index contributed by atoms with van der Waals surface area (Å²) >= 11 is 0. The molecule has 1 amide bonds. The molecule has 0 radical (unpaired) electrons. The maximum Gasteiger partial charge on any atom is 0.573 e. The summed E-state index contributed by atoms with van der Waals surface area (Å²) in [6, 6.07) is 11.6. The molecule has 2 heterocycles. The van der Waals surface area contributed by atoms with Crippen LogP contribution in [0.2, 0.25) is 0 Å². The van der Waals surface area contributed by atoms with Crippen LogP contribution in [-0.2, 0) is 17.8 Å². The van der Waals surface area contributed by atoms with Gasteiger partial charge in [-0.1, -0.05) is 12.1 Å². The molecule has 2 aliphatic rings. The fourth-order valence-electron chi connectivity index (χ4n) is 4.16. The van der Waals surface area contributed by atoms with E-state index in [1.54, 1.807) is 24.1 Å². The lowest BCUT2D eigenvalue weighted by atomic mass is 10.1. The molecule has 0 N–H and O–H groups in total. The fraction of sp³-hybridized carbons (Fsp3) is 0.435. The summed E-state index contributed by atoms with van der Waals surface area (Å²) in [5, 5.41) is 0. The summed E-state index contributed by atoms with van der Waals surface area (Å²) in [5.41, 5.74) is 3.52. The smallest absolute Gasteiger partial charge is 0.406 e. The number of piperazine rings is 1. The second-order valence-corrected chi connectivity index (χ2v) is 8.02. The number of benzene rings is 2. The number of hydrogen-bond donors (Lipinski definition) is 0. The highest BCUT2D eigenvalue weighted by Gasteiger charge is 2.31. The monoisotopic (exact) mass is 449 g/mol. The van der Waals surface area contributed by atoms with Crippen LogP contribution < -0.4 is 9.64 Å². The maximum absolute atomic E-state index is 12.8. The van der Waals surface area contributed by atoms with Crippen molar-refractivity contribution in [3.05, 3.63) is 59.2 Å². The van der Waals surface area contributed by atoms with Crippen molar-refractivity contribution in [1.29, 1.82) is 0 Å². The number of anilines is 1. The highest BCUT2D eigenvalue weighted by atomic mass is 19.4. The number of hydrogen-bond acceptors (Lipinski definition) is 5. The van der Waals surface area contributed by atoms with Crippen molar-refractivity contribution in [1.82, 2.24) is 9.80 Å². The maximum atomic E-state index is 12.8. The largest absolute Gasteiger partial charge is 0.573 e. The minimum atomic E-state index is -4.72. The van der Waals surface area contributed by atoms with Gasteiger partial charge in [0, 0.05) is 64.2 Å². The van der Waals surface area contributed by atoms with E-state index in [1.807, 2.05) is 12.1 Å². The van der Waals surface area contributed by atoms with Gasteiger partial charge in [0.1, 0.15) is 5.75 Å². The van der Waals surface area contributed by atoms with Gasteiger partial charge in [0.05, 0.1) is 6.61 Å². The molecule has 172 valence electrons. The van der Waals surface area contributed by atoms with Crippen LogP contribution in [0.25, 0.3) is 0 Å². The molecule has 2 aromatic rings. The summed E-state index contributed by atoms with van der Waals surface area (Å²) in [4.78, 5) is 19.2. The zero-order valence-corrected chi connectivity index (χ0v) is 17.9. The highest BCUT2D eigenvalue weighted by Crippen LogP contribution is 2.30. The van der Waals surface area contributed by atoms with Gasteiger partial charge >= 0.3 is 6.36 Å². The van der Waals surface area contributed by atoms with Crippen LogP contribution in [-0.4, -0.2) is 68.5 Å². The van der Waals surface area contributed by atoms with Crippen LogP contribution in [0.15, 0.2) is 42.5 Å². The standard InChI is InChI=1S/C23H26F3N3O3/c1-31-13-12-27-8-10-28(11-9-27)19-4-7-21-18(14-19)16-29(22(21)30)15-17-2-5-20(6-3-17)32-23(24,25)26/h2-7,14H,8-13,15-16H2,1H3. The van der Waals surface area contributed by atoms with Crippen LogP contribution >= 0.6 is 0 Å². The third-order valence-electron chi connectivity index (χ3n) is 5.85. The van der Waals surface area contributed by atoms with E-state index in [0.29, 0.717) is 18.7 Å². The van der Waals surface area contributed by atoms with E-state index in [4.69, 9.17) is 4.74 Å². The van der Waals surface area contributed by atoms with Crippen molar-refractivity contribution < 1.29 is 27.4 Å². The van der Waals surface area contributed by atoms with Crippen LogP contribution in [0.4, 0.5) is 18.9 Å². The summed E-state index contributed by atoms with van der Waals surface area (Å²) < 4.78 is 46.0. The summed E-state index contributed by atoms with van der Waals surface area (Å²) in [6.45, 7) is 6.26. The summed E-state index contributed by atoms with van der Waals surface area (Å²) in [5.74, 6) is -0.337. The number of amides is 1. The van der Waals surface area contributed by atoms with Crippen molar-refractivity contribution in [2.45, 2.75) is 19.5 Å². The van der Waals surface area contributed by atoms with E-state index in [0.717, 1.165) is 56.1 Å². The van der Waals surface area contributed by atoms with Crippen LogP contribution in [0.1, 0.15) is 21.5 Å². The molecule has 1 saturated heterocycles. The van der Waals surface area contributed by atoms with Crippen molar-refractivity contribution >= 4 is 11.6 Å². The number of alkyl halides is 3. The minimum Gasteiger partial charge on any atom is -0.406 e. The minimum absolute atomic E-state index is 0.0634. The first-order chi connectivity index (χ1) is 15.3. The van der Waals surface area contributed by atoms with Gasteiger partial charge in [-0.25, -0.2) is 0 Å². The third kappa shape index (κ3) is 5.34. The molecule has 32 heavy (non-hydrogen) atoms. The number of halogens is 3. The SMILES string of the molecule is COCCN1CCN(c2ccc3c(c2)CN(Cc2ccc(OC(F)(F)F)cc2)C3=O)CC1. The zero-order valence-electron chi connectivity index (χ0n) is 17.9. The Kier molecular flexibility index (Phi) is 6.57. The molecule has 4 rings (SSSR count). The Morgan fingerprint density at radius 3 is 2.38 bits per heavy atom. The van der Waals surface area contributed by atoms with Crippen LogP contribution in [0, 0.1) is 0 Å². The Balaban J connectivity index is 1.37. The van der Waals surface area contributed by atoms with Crippen LogP contribution in [0.3, 0.4) is 0 Å². The van der Waals surface area contributed by atoms with E-state index >= 15 is 0 Å². The number of methoxy groups -OCH3 is 1. The number of carbonyl (C=O) groups excluding carboxylic acids is 1. The average Bonchev–Trinajstić information content (AvgIpc) is 3.07. The van der Waals surface area contributed by atoms with E-state index in [2.05, 4.69) is 20.6 Å². The van der Waals surface area contributed by atoms with Gasteiger partial charge in [0.25, 0.3) is 5.91 Å². The molecule has 0 unspecified atom stereocenters. The molecule has 0 atom stereocenters. The van der Waals surface area contributed by atoms with Crippen molar-refractivity contribution in [3.8, 4) is 5.75 Å². The van der Waals surface area contributed by atoms with Gasteiger partial charge in [-0.05, 0) is 41.5 Å². The molecule has 1 fully saturated rings. The molecule has 2 aliphatic heterocycles. The molecular weight excluding hydrogens is 423 g/mol. The molecule has 6 nitrogen and oxygen atoms in total. The molecule has 0 aromatic heterocycles. The first-order valence-corrected chi connectivity index (χ1v) is 10.6. The summed E-state index contributed by atoms with van der Waals surface area (Å²) in [7, 11) is 1.71. The van der Waals surface area contributed by atoms with Gasteiger partial charge in [-0.3, -0.25) is 9.69 Å². The van der Waals surface area contributed by atoms with Crippen molar-refractivity contribution in [2.24, 2.45) is 0 Å². The van der Waals surface area contributed by atoms with Gasteiger partial charge in [-0.2, -0.15) is 0 Å². The van der Waals surface area contributed by atoms with Crippen molar-refractivity contribution in [2.75, 3.05) is 51.3 Å². The molecule has 9 heteroatoms. The molecule has 0 spiro atoms. The Bertz CT molecular complexity index is 942. The second kappa shape index (κ2) is 9.38. The predicted octanol–water partition coefficient (Wildman–Crippen LogP) is 3.51. The molecule has 2 aromatic carbocycles. The van der Waals surface area contributed by atoms with Gasteiger partial charge in [0.2, 0.25) is 0 Å². The Hall–Kier alpha value is -2.78. The second-order valence-electron chi connectivity index (χ2n) is 8.02. The average molecular weight is 449 g/mol. The van der Waals surface area contributed by atoms with E-state index in [9.17, 15) is 18.0 Å². The van der Waals surface area contributed by atoms with Gasteiger partial charge in [-0.15, -0.1) is 13.2 Å². The molecule has 0 bridgehead atoms. The van der Waals surface area contributed by atoms with E-state index in [-0.39, 0.29) is 11.7 Å². The summed E-state index contributed by atoms with van der Waals surface area (Å²) in [6.07, 6.45) is -4.72. The number of fused-ring (bicyclic) bond motifs is 1. The normalized spacial score (nSPS) is 17.1. The lowest BCUT2D eigenvalue weighted by Crippen LogP contribution is -2.47. The quantitative estimate of drug-likeness (QED) is 0.648. The topological polar surface area (TPSA) is 45.2 Å². The number of carbonyl (C=O) groups is 1. The van der Waals surface area contributed by atoms with Gasteiger partial charge in [0.15, 0.2) is 0 Å². The highest BCUT2D eigenvalue weighted by molar-refractivity contribution is 5.98. The number of rotatable bonds is 7. The fourth-order valence-corrected chi connectivity index (χ4v) is 4.16. The Labute approximate surface area is 185 Å². The molecule has 0 aliphatic carbocycles. The lowest BCUT2D eigenvalue weighted by Gasteiger charge is -2.36. The predicted molar refractivity (Wildman–Crippen MR) is 114 cm³/mol. The van der Waals surface area contributed by atoms with Crippen molar-refractivity contribution in [3.63, 3.8) is 0 Å². The third-order valence-corrected chi connectivity index (χ3v) is 5.85. The van der Waals surface area contributed by atoms with Crippen LogP contribution in [0.5, 0.6) is 5.75 Å². The molecule has 0 saturated carbocycles. The first kappa shape index (κ1) is 22.4. The van der Waals surface area contributed by atoms with E-state index < -0.39 is 6.36 Å². The number of ether oxygens (including phenoxy) is 2. The first-order valence-electron chi connectivity index (χ1n) is 10.6. The Morgan fingerprint density at radius 2 is 1.72 bits per heavy atom. The lowest BCUT2D eigenvalue weighted by molar-refractivity contribution is -0.274. The van der Waals surface area contributed by atoms with Gasteiger partial charge < -0.3 is 19.3 Å². The Morgan fingerprint density at radius 1 is 1.00 bits per heavy atom. The number of nitrogens with zero attached hydrogens (tertiary/aromatic N) is 3. The zero-order chi connectivity index (χ0) is 22.7.